The molecule has 6 aromatic rings. The molecule has 186 valence electrons. The Labute approximate surface area is 230 Å². The van der Waals surface area contributed by atoms with Gasteiger partial charge in [0.15, 0.2) is 5.82 Å². The van der Waals surface area contributed by atoms with Crippen molar-refractivity contribution >= 4 is 37.7 Å². The molecule has 1 aliphatic carbocycles. The van der Waals surface area contributed by atoms with E-state index in [4.69, 9.17) is 15.0 Å². The number of halogens is 1. The second kappa shape index (κ2) is 9.80. The van der Waals surface area contributed by atoms with Crippen molar-refractivity contribution < 1.29 is 0 Å². The Balaban J connectivity index is 1.46. The third-order valence-electron chi connectivity index (χ3n) is 7.69. The molecule has 0 spiro atoms. The summed E-state index contributed by atoms with van der Waals surface area (Å²) in [4.78, 5) is 15.2. The van der Waals surface area contributed by atoms with Crippen LogP contribution in [0.2, 0.25) is 0 Å². The van der Waals surface area contributed by atoms with Gasteiger partial charge >= 0.3 is 0 Å². The minimum absolute atomic E-state index is 0.380. The van der Waals surface area contributed by atoms with Crippen LogP contribution in [0.4, 0.5) is 0 Å². The summed E-state index contributed by atoms with van der Waals surface area (Å²) in [6, 6.07) is 34.0. The molecule has 1 aliphatic rings. The van der Waals surface area contributed by atoms with E-state index in [1.165, 1.54) is 41.2 Å². The summed E-state index contributed by atoms with van der Waals surface area (Å²) in [5, 5.41) is 2.39. The van der Waals surface area contributed by atoms with Crippen LogP contribution in [0.3, 0.4) is 0 Å². The first kappa shape index (κ1) is 23.3. The SMILES string of the molecule is Brc1ccc(-c2ccc3c(c2)c2ccccc2n3-c2nc(-c3ccccc3)nc(C3CCCCC3)n2)cc1. The maximum atomic E-state index is 5.15. The van der Waals surface area contributed by atoms with Gasteiger partial charge in [-0.3, -0.25) is 4.57 Å². The van der Waals surface area contributed by atoms with E-state index in [9.17, 15) is 0 Å². The van der Waals surface area contributed by atoms with E-state index >= 15 is 0 Å². The van der Waals surface area contributed by atoms with Crippen LogP contribution in [-0.4, -0.2) is 19.5 Å². The zero-order valence-electron chi connectivity index (χ0n) is 21.0. The highest BCUT2D eigenvalue weighted by Gasteiger charge is 2.23. The molecule has 0 N–H and O–H groups in total. The molecule has 2 aromatic heterocycles. The summed E-state index contributed by atoms with van der Waals surface area (Å²) >= 11 is 3.55. The van der Waals surface area contributed by atoms with Gasteiger partial charge in [0.05, 0.1) is 11.0 Å². The van der Waals surface area contributed by atoms with Crippen LogP contribution in [-0.2, 0) is 0 Å². The summed E-state index contributed by atoms with van der Waals surface area (Å²) in [5.74, 6) is 2.74. The summed E-state index contributed by atoms with van der Waals surface area (Å²) < 4.78 is 3.30. The Bertz CT molecular complexity index is 1750. The summed E-state index contributed by atoms with van der Waals surface area (Å²) in [7, 11) is 0. The molecule has 1 saturated carbocycles. The van der Waals surface area contributed by atoms with Gasteiger partial charge in [-0.05, 0) is 54.3 Å². The van der Waals surface area contributed by atoms with Crippen molar-refractivity contribution in [1.29, 1.82) is 0 Å². The second-order valence-corrected chi connectivity index (χ2v) is 11.0. The number of rotatable bonds is 4. The van der Waals surface area contributed by atoms with Crippen LogP contribution < -0.4 is 0 Å². The average Bonchev–Trinajstić information content (AvgIpc) is 3.32. The van der Waals surface area contributed by atoms with Gasteiger partial charge < -0.3 is 0 Å². The number of benzene rings is 4. The molecule has 0 unspecified atom stereocenters. The maximum Gasteiger partial charge on any atom is 0.238 e. The highest BCUT2D eigenvalue weighted by Crippen LogP contribution is 2.36. The van der Waals surface area contributed by atoms with Crippen molar-refractivity contribution in [2.24, 2.45) is 0 Å². The Morgan fingerprint density at radius 2 is 1.32 bits per heavy atom. The van der Waals surface area contributed by atoms with Gasteiger partial charge in [-0.15, -0.1) is 0 Å². The standard InChI is InChI=1S/C33H27BrN4/c34-26-18-15-22(16-19-26)25-17-20-30-28(21-25)27-13-7-8-14-29(27)38(30)33-36-31(23-9-3-1-4-10-23)35-32(37-33)24-11-5-2-6-12-24/h1,3-4,7-10,13-21,24H,2,5-6,11-12H2. The third-order valence-corrected chi connectivity index (χ3v) is 8.22. The number of aromatic nitrogens is 4. The average molecular weight is 560 g/mol. The molecule has 0 amide bonds. The van der Waals surface area contributed by atoms with Crippen LogP contribution in [0, 0.1) is 0 Å². The highest BCUT2D eigenvalue weighted by molar-refractivity contribution is 9.10. The zero-order valence-corrected chi connectivity index (χ0v) is 22.6. The molecule has 5 heteroatoms. The molecule has 0 aliphatic heterocycles. The first-order valence-electron chi connectivity index (χ1n) is 13.4. The van der Waals surface area contributed by atoms with Crippen LogP contribution >= 0.6 is 15.9 Å². The van der Waals surface area contributed by atoms with E-state index in [2.05, 4.69) is 99.4 Å². The molecule has 0 bridgehead atoms. The minimum atomic E-state index is 0.380. The third kappa shape index (κ3) is 4.21. The molecular weight excluding hydrogens is 532 g/mol. The zero-order chi connectivity index (χ0) is 25.5. The lowest BCUT2D eigenvalue weighted by Crippen LogP contribution is -2.13. The van der Waals surface area contributed by atoms with E-state index in [0.29, 0.717) is 11.9 Å². The number of nitrogens with zero attached hydrogens (tertiary/aromatic N) is 4. The van der Waals surface area contributed by atoms with Gasteiger partial charge in [0, 0.05) is 26.7 Å². The van der Waals surface area contributed by atoms with Gasteiger partial charge in [0.2, 0.25) is 5.95 Å². The van der Waals surface area contributed by atoms with Crippen LogP contribution in [0.25, 0.3) is 50.3 Å². The molecular formula is C33H27BrN4. The van der Waals surface area contributed by atoms with Crippen LogP contribution in [0.5, 0.6) is 0 Å². The second-order valence-electron chi connectivity index (χ2n) is 10.1. The van der Waals surface area contributed by atoms with Gasteiger partial charge in [-0.25, -0.2) is 4.98 Å². The van der Waals surface area contributed by atoms with Gasteiger partial charge in [-0.2, -0.15) is 9.97 Å². The summed E-state index contributed by atoms with van der Waals surface area (Å²) in [6.07, 6.45) is 6.05. The molecule has 1 fully saturated rings. The molecule has 4 aromatic carbocycles. The fourth-order valence-electron chi connectivity index (χ4n) is 5.75. The fourth-order valence-corrected chi connectivity index (χ4v) is 6.01. The summed E-state index contributed by atoms with van der Waals surface area (Å²) in [5.41, 5.74) is 5.61. The quantitative estimate of drug-likeness (QED) is 0.216. The molecule has 38 heavy (non-hydrogen) atoms. The summed E-state index contributed by atoms with van der Waals surface area (Å²) in [6.45, 7) is 0. The lowest BCUT2D eigenvalue weighted by atomic mass is 9.89. The van der Waals surface area contributed by atoms with E-state index in [-0.39, 0.29) is 0 Å². The van der Waals surface area contributed by atoms with E-state index in [1.54, 1.807) is 0 Å². The Morgan fingerprint density at radius 3 is 2.13 bits per heavy atom. The monoisotopic (exact) mass is 558 g/mol. The molecule has 2 heterocycles. The lowest BCUT2D eigenvalue weighted by molar-refractivity contribution is 0.427. The smallest absolute Gasteiger partial charge is 0.238 e. The van der Waals surface area contributed by atoms with Crippen molar-refractivity contribution in [3.8, 4) is 28.5 Å². The van der Waals surface area contributed by atoms with Crippen molar-refractivity contribution in [2.75, 3.05) is 0 Å². The van der Waals surface area contributed by atoms with Crippen molar-refractivity contribution in [1.82, 2.24) is 19.5 Å². The first-order valence-corrected chi connectivity index (χ1v) is 14.1. The van der Waals surface area contributed by atoms with Crippen LogP contribution in [0.15, 0.2) is 102 Å². The number of fused-ring (bicyclic) bond motifs is 3. The number of hydrogen-bond acceptors (Lipinski definition) is 3. The topological polar surface area (TPSA) is 43.6 Å². The molecule has 0 atom stereocenters. The Hall–Kier alpha value is -3.83. The number of hydrogen-bond donors (Lipinski definition) is 0. The number of para-hydroxylation sites is 1. The molecule has 4 nitrogen and oxygen atoms in total. The van der Waals surface area contributed by atoms with Crippen LogP contribution in [0.1, 0.15) is 43.8 Å². The Morgan fingerprint density at radius 1 is 0.605 bits per heavy atom. The van der Waals surface area contributed by atoms with Gasteiger partial charge in [0.25, 0.3) is 0 Å². The Kier molecular flexibility index (Phi) is 6.01. The van der Waals surface area contributed by atoms with E-state index in [0.717, 1.165) is 45.6 Å². The molecule has 0 saturated heterocycles. The molecule has 0 radical (unpaired) electrons. The van der Waals surface area contributed by atoms with Crippen molar-refractivity contribution in [2.45, 2.75) is 38.0 Å². The molecule has 7 rings (SSSR count). The maximum absolute atomic E-state index is 5.15. The largest absolute Gasteiger partial charge is 0.278 e. The van der Waals surface area contributed by atoms with E-state index in [1.807, 2.05) is 18.2 Å². The van der Waals surface area contributed by atoms with Gasteiger partial charge in [-0.1, -0.05) is 102 Å². The van der Waals surface area contributed by atoms with Gasteiger partial charge in [0.1, 0.15) is 5.82 Å². The normalized spacial score (nSPS) is 14.3. The lowest BCUT2D eigenvalue weighted by Gasteiger charge is -2.21. The van der Waals surface area contributed by atoms with Crippen molar-refractivity contribution in [3.63, 3.8) is 0 Å². The highest BCUT2D eigenvalue weighted by atomic mass is 79.9. The van der Waals surface area contributed by atoms with Crippen molar-refractivity contribution in [3.05, 3.63) is 107 Å². The van der Waals surface area contributed by atoms with E-state index < -0.39 is 0 Å². The minimum Gasteiger partial charge on any atom is -0.278 e. The fraction of sp³-hybridized carbons (Fsp3) is 0.182. The predicted octanol–water partition coefficient (Wildman–Crippen LogP) is 9.11. The first-order chi connectivity index (χ1) is 18.7. The predicted molar refractivity (Wildman–Crippen MR) is 159 cm³/mol.